The van der Waals surface area contributed by atoms with Crippen molar-refractivity contribution in [3.8, 4) is 5.75 Å². The van der Waals surface area contributed by atoms with Crippen LogP contribution in [0.15, 0.2) is 24.4 Å². The van der Waals surface area contributed by atoms with Crippen molar-refractivity contribution >= 4 is 11.3 Å². The molecule has 1 aromatic heterocycles. The summed E-state index contributed by atoms with van der Waals surface area (Å²) < 4.78 is 11.0. The standard InChI is InChI=1S/C16H22N2O2S/c1-12-4-5-16(14(8-12)9-17-6-7-19-3)20-11-15-10-18-13(2)21-15/h4-5,8,10,17H,6-7,9,11H2,1-3H3. The van der Waals surface area contributed by atoms with Gasteiger partial charge in [0.2, 0.25) is 0 Å². The van der Waals surface area contributed by atoms with E-state index in [2.05, 4.69) is 29.4 Å². The third-order valence-corrected chi connectivity index (χ3v) is 3.94. The Labute approximate surface area is 130 Å². The number of benzene rings is 1. The highest BCUT2D eigenvalue weighted by Gasteiger charge is 2.06. The van der Waals surface area contributed by atoms with Gasteiger partial charge in [-0.1, -0.05) is 17.7 Å². The maximum Gasteiger partial charge on any atom is 0.124 e. The predicted molar refractivity (Wildman–Crippen MR) is 85.9 cm³/mol. The van der Waals surface area contributed by atoms with E-state index in [9.17, 15) is 0 Å². The molecular weight excluding hydrogens is 284 g/mol. The average Bonchev–Trinajstić information content (AvgIpc) is 2.88. The summed E-state index contributed by atoms with van der Waals surface area (Å²) in [7, 11) is 1.71. The number of nitrogens with zero attached hydrogens (tertiary/aromatic N) is 1. The van der Waals surface area contributed by atoms with E-state index in [4.69, 9.17) is 9.47 Å². The molecule has 21 heavy (non-hydrogen) atoms. The molecule has 4 nitrogen and oxygen atoms in total. The number of hydrogen-bond acceptors (Lipinski definition) is 5. The summed E-state index contributed by atoms with van der Waals surface area (Å²) in [4.78, 5) is 5.39. The summed E-state index contributed by atoms with van der Waals surface area (Å²) >= 11 is 1.67. The first-order chi connectivity index (χ1) is 10.2. The number of rotatable bonds is 8. The van der Waals surface area contributed by atoms with Gasteiger partial charge in [-0.05, 0) is 19.9 Å². The van der Waals surface area contributed by atoms with Gasteiger partial charge in [-0.25, -0.2) is 4.98 Å². The molecule has 0 radical (unpaired) electrons. The monoisotopic (exact) mass is 306 g/mol. The van der Waals surface area contributed by atoms with E-state index < -0.39 is 0 Å². The molecule has 0 unspecified atom stereocenters. The first kappa shape index (κ1) is 15.9. The lowest BCUT2D eigenvalue weighted by atomic mass is 10.1. The molecule has 5 heteroatoms. The van der Waals surface area contributed by atoms with Gasteiger partial charge in [-0.2, -0.15) is 0 Å². The van der Waals surface area contributed by atoms with Gasteiger partial charge in [0.1, 0.15) is 12.4 Å². The van der Waals surface area contributed by atoms with E-state index >= 15 is 0 Å². The van der Waals surface area contributed by atoms with Crippen LogP contribution < -0.4 is 10.1 Å². The van der Waals surface area contributed by atoms with E-state index in [1.807, 2.05) is 19.2 Å². The zero-order chi connectivity index (χ0) is 15.1. The molecule has 2 rings (SSSR count). The third kappa shape index (κ3) is 5.12. The molecule has 0 aliphatic rings. The lowest BCUT2D eigenvalue weighted by molar-refractivity contribution is 0.199. The summed E-state index contributed by atoms with van der Waals surface area (Å²) in [6, 6.07) is 6.27. The molecule has 0 saturated carbocycles. The van der Waals surface area contributed by atoms with Crippen molar-refractivity contribution in [1.82, 2.24) is 10.3 Å². The van der Waals surface area contributed by atoms with Gasteiger partial charge in [-0.15, -0.1) is 11.3 Å². The van der Waals surface area contributed by atoms with Crippen molar-refractivity contribution in [3.05, 3.63) is 45.4 Å². The summed E-state index contributed by atoms with van der Waals surface area (Å²) in [5, 5.41) is 4.43. The van der Waals surface area contributed by atoms with Gasteiger partial charge in [0.05, 0.1) is 16.5 Å². The lowest BCUT2D eigenvalue weighted by Gasteiger charge is -2.12. The Bertz CT molecular complexity index is 569. The second-order valence-corrected chi connectivity index (χ2v) is 6.23. The minimum absolute atomic E-state index is 0.569. The SMILES string of the molecule is COCCNCc1cc(C)ccc1OCc1cnc(C)s1. The second-order valence-electron chi connectivity index (χ2n) is 4.92. The molecule has 1 N–H and O–H groups in total. The van der Waals surface area contributed by atoms with Crippen LogP contribution in [0, 0.1) is 13.8 Å². The van der Waals surface area contributed by atoms with Crippen molar-refractivity contribution in [1.29, 1.82) is 0 Å². The minimum Gasteiger partial charge on any atom is -0.488 e. The molecule has 2 aromatic rings. The van der Waals surface area contributed by atoms with Gasteiger partial charge in [-0.3, -0.25) is 0 Å². The van der Waals surface area contributed by atoms with E-state index in [-0.39, 0.29) is 0 Å². The number of aromatic nitrogens is 1. The van der Waals surface area contributed by atoms with E-state index in [0.717, 1.165) is 28.7 Å². The van der Waals surface area contributed by atoms with Crippen LogP contribution in [0.5, 0.6) is 5.75 Å². The smallest absolute Gasteiger partial charge is 0.124 e. The van der Waals surface area contributed by atoms with Crippen LogP contribution in [0.1, 0.15) is 21.0 Å². The van der Waals surface area contributed by atoms with Crippen LogP contribution in [0.3, 0.4) is 0 Å². The molecule has 0 amide bonds. The van der Waals surface area contributed by atoms with Crippen LogP contribution in [0.25, 0.3) is 0 Å². The molecular formula is C16H22N2O2S. The Kier molecular flexibility index (Phi) is 6.17. The van der Waals surface area contributed by atoms with E-state index in [1.54, 1.807) is 18.4 Å². The van der Waals surface area contributed by atoms with E-state index in [0.29, 0.717) is 13.2 Å². The van der Waals surface area contributed by atoms with Crippen molar-refractivity contribution in [2.24, 2.45) is 0 Å². The Balaban J connectivity index is 1.97. The fourth-order valence-electron chi connectivity index (χ4n) is 2.01. The maximum absolute atomic E-state index is 5.95. The van der Waals surface area contributed by atoms with Crippen molar-refractivity contribution in [3.63, 3.8) is 0 Å². The van der Waals surface area contributed by atoms with Gasteiger partial charge in [0.15, 0.2) is 0 Å². The number of methoxy groups -OCH3 is 1. The molecule has 0 fully saturated rings. The van der Waals surface area contributed by atoms with Gasteiger partial charge < -0.3 is 14.8 Å². The summed E-state index contributed by atoms with van der Waals surface area (Å²) in [5.74, 6) is 0.927. The number of ether oxygens (including phenoxy) is 2. The number of nitrogens with one attached hydrogen (secondary N) is 1. The molecule has 1 heterocycles. The molecule has 114 valence electrons. The molecule has 0 aliphatic carbocycles. The second kappa shape index (κ2) is 8.12. The van der Waals surface area contributed by atoms with Crippen LogP contribution in [0.2, 0.25) is 0 Å². The Morgan fingerprint density at radius 2 is 2.14 bits per heavy atom. The lowest BCUT2D eigenvalue weighted by Crippen LogP contribution is -2.19. The van der Waals surface area contributed by atoms with Crippen LogP contribution in [-0.2, 0) is 17.9 Å². The van der Waals surface area contributed by atoms with Crippen molar-refractivity contribution in [2.75, 3.05) is 20.3 Å². The van der Waals surface area contributed by atoms with Gasteiger partial charge in [0.25, 0.3) is 0 Å². The maximum atomic E-state index is 5.95. The largest absolute Gasteiger partial charge is 0.488 e. The Morgan fingerprint density at radius 1 is 1.29 bits per heavy atom. The first-order valence-corrected chi connectivity index (χ1v) is 7.84. The molecule has 0 aliphatic heterocycles. The number of thiazole rings is 1. The fraction of sp³-hybridized carbons (Fsp3) is 0.438. The van der Waals surface area contributed by atoms with Crippen LogP contribution in [0.4, 0.5) is 0 Å². The average molecular weight is 306 g/mol. The molecule has 0 spiro atoms. The van der Waals surface area contributed by atoms with Crippen molar-refractivity contribution in [2.45, 2.75) is 27.0 Å². The highest BCUT2D eigenvalue weighted by atomic mass is 32.1. The Morgan fingerprint density at radius 3 is 2.86 bits per heavy atom. The Hall–Kier alpha value is -1.43. The minimum atomic E-state index is 0.569. The quantitative estimate of drug-likeness (QED) is 0.761. The normalized spacial score (nSPS) is 10.8. The number of aryl methyl sites for hydroxylation is 2. The van der Waals surface area contributed by atoms with Crippen LogP contribution >= 0.6 is 11.3 Å². The highest BCUT2D eigenvalue weighted by molar-refractivity contribution is 7.11. The molecule has 1 aromatic carbocycles. The fourth-order valence-corrected chi connectivity index (χ4v) is 2.71. The summed E-state index contributed by atoms with van der Waals surface area (Å²) in [6.07, 6.45) is 1.88. The number of hydrogen-bond donors (Lipinski definition) is 1. The predicted octanol–water partition coefficient (Wildman–Crippen LogP) is 3.07. The van der Waals surface area contributed by atoms with Crippen LogP contribution in [-0.4, -0.2) is 25.2 Å². The third-order valence-electron chi connectivity index (χ3n) is 3.05. The topological polar surface area (TPSA) is 43.4 Å². The molecule has 0 bridgehead atoms. The molecule has 0 atom stereocenters. The highest BCUT2D eigenvalue weighted by Crippen LogP contribution is 2.22. The van der Waals surface area contributed by atoms with E-state index in [1.165, 1.54) is 11.1 Å². The van der Waals surface area contributed by atoms with Gasteiger partial charge in [0, 0.05) is 32.0 Å². The summed E-state index contributed by atoms with van der Waals surface area (Å²) in [6.45, 7) is 6.99. The first-order valence-electron chi connectivity index (χ1n) is 7.02. The van der Waals surface area contributed by atoms with Gasteiger partial charge >= 0.3 is 0 Å². The molecule has 0 saturated heterocycles. The zero-order valence-electron chi connectivity index (χ0n) is 12.8. The zero-order valence-corrected chi connectivity index (χ0v) is 13.6. The summed E-state index contributed by atoms with van der Waals surface area (Å²) in [5.41, 5.74) is 2.41. The van der Waals surface area contributed by atoms with Crippen molar-refractivity contribution < 1.29 is 9.47 Å².